The highest BCUT2D eigenvalue weighted by molar-refractivity contribution is 5.95. The maximum atomic E-state index is 12.9. The Morgan fingerprint density at radius 1 is 1.22 bits per heavy atom. The summed E-state index contributed by atoms with van der Waals surface area (Å²) in [5.41, 5.74) is 11.2. The molecule has 4 rings (SSSR count). The number of imidazole rings is 1. The van der Waals surface area contributed by atoms with Crippen LogP contribution in [0.4, 0.5) is 0 Å². The van der Waals surface area contributed by atoms with Gasteiger partial charge in [0.25, 0.3) is 5.91 Å². The Kier molecular flexibility index (Phi) is 8.18. The Morgan fingerprint density at radius 3 is 2.68 bits per heavy atom. The van der Waals surface area contributed by atoms with Crippen LogP contribution in [0, 0.1) is 11.3 Å². The van der Waals surface area contributed by atoms with Gasteiger partial charge in [-0.05, 0) is 56.5 Å². The van der Waals surface area contributed by atoms with E-state index in [1.165, 1.54) is 6.07 Å². The van der Waals surface area contributed by atoms with Crippen molar-refractivity contribution in [3.05, 3.63) is 89.2 Å². The highest BCUT2D eigenvalue weighted by Gasteiger charge is 2.17. The van der Waals surface area contributed by atoms with Gasteiger partial charge in [-0.25, -0.2) is 4.98 Å². The molecule has 0 bridgehead atoms. The van der Waals surface area contributed by atoms with Crippen LogP contribution < -0.4 is 15.8 Å². The molecule has 0 radical (unpaired) electrons. The van der Waals surface area contributed by atoms with Gasteiger partial charge in [0.05, 0.1) is 17.4 Å². The smallest absolute Gasteiger partial charge is 0.251 e. The van der Waals surface area contributed by atoms with Crippen LogP contribution in [0.3, 0.4) is 0 Å². The summed E-state index contributed by atoms with van der Waals surface area (Å²) in [6.45, 7) is 4.12. The van der Waals surface area contributed by atoms with Gasteiger partial charge in [0.15, 0.2) is 0 Å². The summed E-state index contributed by atoms with van der Waals surface area (Å²) in [6, 6.07) is 18.6. The maximum Gasteiger partial charge on any atom is 0.251 e. The van der Waals surface area contributed by atoms with Gasteiger partial charge in [-0.2, -0.15) is 5.26 Å². The lowest BCUT2D eigenvalue weighted by Crippen LogP contribution is -2.37. The normalized spacial score (nSPS) is 11.9. The maximum absolute atomic E-state index is 12.9. The van der Waals surface area contributed by atoms with E-state index >= 15 is 0 Å². The minimum absolute atomic E-state index is 0.0572. The molecule has 0 saturated carbocycles. The van der Waals surface area contributed by atoms with E-state index in [1.54, 1.807) is 12.1 Å². The number of nitrogens with zero attached hydrogens (tertiary/aromatic N) is 3. The van der Waals surface area contributed by atoms with Crippen LogP contribution in [-0.2, 0) is 13.0 Å². The van der Waals surface area contributed by atoms with Crippen LogP contribution in [0.15, 0.2) is 67.0 Å². The molecule has 8 heteroatoms. The summed E-state index contributed by atoms with van der Waals surface area (Å²) in [7, 11) is 0. The Labute approximate surface area is 216 Å². The van der Waals surface area contributed by atoms with Gasteiger partial charge in [0.1, 0.15) is 17.5 Å². The van der Waals surface area contributed by atoms with Gasteiger partial charge in [-0.3, -0.25) is 4.79 Å². The van der Waals surface area contributed by atoms with Crippen LogP contribution in [0.2, 0.25) is 0 Å². The van der Waals surface area contributed by atoms with Crippen LogP contribution in [0.1, 0.15) is 47.3 Å². The second-order valence-corrected chi connectivity index (χ2v) is 9.17. The highest BCUT2D eigenvalue weighted by atomic mass is 16.5. The molecule has 0 spiro atoms. The van der Waals surface area contributed by atoms with Crippen molar-refractivity contribution < 1.29 is 14.6 Å². The number of aliphatic hydroxyl groups is 1. The van der Waals surface area contributed by atoms with E-state index in [4.69, 9.17) is 15.5 Å². The first-order valence-corrected chi connectivity index (χ1v) is 12.3. The molecule has 2 heterocycles. The number of amides is 1. The van der Waals surface area contributed by atoms with E-state index in [9.17, 15) is 15.2 Å². The first kappa shape index (κ1) is 25.9. The lowest BCUT2D eigenvalue weighted by Gasteiger charge is -2.19. The molecule has 0 aliphatic heterocycles. The average molecular weight is 498 g/mol. The standard InChI is InChI=1S/C29H31N5O3/c1-19(2)37-27-10-9-22(15-24(27)17-31)29(36)32-25(11-13-35)14-20-5-7-21(8-6-20)26-18-34-12-3-4-23(16-30)28(34)33-26/h3-10,12,15,18-19,25,35H,11,13-14,16,30H2,1-2H3,(H,32,36)/t25-/m1/s1. The quantitative estimate of drug-likeness (QED) is 0.306. The summed E-state index contributed by atoms with van der Waals surface area (Å²) in [5.74, 6) is 0.147. The Hall–Kier alpha value is -4.19. The Morgan fingerprint density at radius 2 is 2.00 bits per heavy atom. The molecule has 1 atom stereocenters. The summed E-state index contributed by atoms with van der Waals surface area (Å²) >= 11 is 0. The van der Waals surface area contributed by atoms with Crippen LogP contribution in [0.25, 0.3) is 16.9 Å². The molecule has 2 aromatic heterocycles. The second-order valence-electron chi connectivity index (χ2n) is 9.17. The monoisotopic (exact) mass is 497 g/mol. The van der Waals surface area contributed by atoms with Gasteiger partial charge < -0.3 is 25.3 Å². The van der Waals surface area contributed by atoms with Crippen molar-refractivity contribution in [1.82, 2.24) is 14.7 Å². The number of nitriles is 1. The lowest BCUT2D eigenvalue weighted by molar-refractivity contribution is 0.0930. The molecule has 0 saturated heterocycles. The molecule has 37 heavy (non-hydrogen) atoms. The third-order valence-corrected chi connectivity index (χ3v) is 6.05. The number of nitrogens with two attached hydrogens (primary N) is 1. The first-order valence-electron chi connectivity index (χ1n) is 12.3. The van der Waals surface area contributed by atoms with Gasteiger partial charge >= 0.3 is 0 Å². The lowest BCUT2D eigenvalue weighted by atomic mass is 10.0. The number of benzene rings is 2. The fourth-order valence-corrected chi connectivity index (χ4v) is 4.23. The molecular weight excluding hydrogens is 466 g/mol. The van der Waals surface area contributed by atoms with Crippen molar-refractivity contribution in [2.24, 2.45) is 5.73 Å². The molecular formula is C29H31N5O3. The van der Waals surface area contributed by atoms with Crippen molar-refractivity contribution in [3.63, 3.8) is 0 Å². The molecule has 8 nitrogen and oxygen atoms in total. The topological polar surface area (TPSA) is 126 Å². The zero-order valence-corrected chi connectivity index (χ0v) is 21.0. The number of hydrogen-bond donors (Lipinski definition) is 3. The number of pyridine rings is 1. The van der Waals surface area contributed by atoms with Crippen LogP contribution in [-0.4, -0.2) is 39.2 Å². The molecule has 2 aromatic carbocycles. The summed E-state index contributed by atoms with van der Waals surface area (Å²) in [5, 5.41) is 22.0. The minimum atomic E-state index is -0.303. The van der Waals surface area contributed by atoms with Crippen LogP contribution >= 0.6 is 0 Å². The zero-order valence-electron chi connectivity index (χ0n) is 21.0. The summed E-state index contributed by atoms with van der Waals surface area (Å²) in [4.78, 5) is 17.7. The Balaban J connectivity index is 1.47. The largest absolute Gasteiger partial charge is 0.490 e. The first-order chi connectivity index (χ1) is 17.9. The number of aromatic nitrogens is 2. The molecule has 0 fully saturated rings. The summed E-state index contributed by atoms with van der Waals surface area (Å²) in [6.07, 6.45) is 4.80. The highest BCUT2D eigenvalue weighted by Crippen LogP contribution is 2.23. The molecule has 4 aromatic rings. The average Bonchev–Trinajstić information content (AvgIpc) is 3.33. The number of fused-ring (bicyclic) bond motifs is 1. The van der Waals surface area contributed by atoms with Gasteiger partial charge in [-0.1, -0.05) is 30.3 Å². The van der Waals surface area contributed by atoms with E-state index in [2.05, 4.69) is 11.4 Å². The number of hydrogen-bond acceptors (Lipinski definition) is 6. The van der Waals surface area contributed by atoms with Crippen molar-refractivity contribution in [1.29, 1.82) is 5.26 Å². The molecule has 190 valence electrons. The third kappa shape index (κ3) is 6.15. The number of carbonyl (C=O) groups excluding carboxylic acids is 1. The minimum Gasteiger partial charge on any atom is -0.490 e. The SMILES string of the molecule is CC(C)Oc1ccc(C(=O)N[C@H](CCO)Cc2ccc(-c3cn4cccc(CN)c4n3)cc2)cc1C#N. The zero-order chi connectivity index (χ0) is 26.4. The van der Waals surface area contributed by atoms with Crippen molar-refractivity contribution in [3.8, 4) is 23.1 Å². The van der Waals surface area contributed by atoms with E-state index in [1.807, 2.05) is 67.0 Å². The molecule has 4 N–H and O–H groups in total. The van der Waals surface area contributed by atoms with Gasteiger partial charge in [0, 0.05) is 48.3 Å². The summed E-state index contributed by atoms with van der Waals surface area (Å²) < 4.78 is 7.61. The number of nitrogens with one attached hydrogen (secondary N) is 1. The predicted molar refractivity (Wildman–Crippen MR) is 142 cm³/mol. The molecule has 0 aliphatic carbocycles. The van der Waals surface area contributed by atoms with E-state index in [0.29, 0.717) is 36.3 Å². The number of aliphatic hydroxyl groups excluding tert-OH is 1. The fourth-order valence-electron chi connectivity index (χ4n) is 4.23. The molecule has 0 unspecified atom stereocenters. The van der Waals surface area contributed by atoms with E-state index in [0.717, 1.165) is 28.0 Å². The van der Waals surface area contributed by atoms with Crippen molar-refractivity contribution in [2.75, 3.05) is 6.61 Å². The number of carbonyl (C=O) groups is 1. The fraction of sp³-hybridized carbons (Fsp3) is 0.276. The second kappa shape index (κ2) is 11.7. The van der Waals surface area contributed by atoms with Crippen LogP contribution in [0.5, 0.6) is 5.75 Å². The van der Waals surface area contributed by atoms with E-state index in [-0.39, 0.29) is 24.7 Å². The van der Waals surface area contributed by atoms with Gasteiger partial charge in [0.2, 0.25) is 0 Å². The van der Waals surface area contributed by atoms with Crippen molar-refractivity contribution >= 4 is 11.6 Å². The van der Waals surface area contributed by atoms with E-state index < -0.39 is 0 Å². The molecule has 0 aliphatic rings. The number of ether oxygens (including phenoxy) is 1. The molecule has 1 amide bonds. The Bertz CT molecular complexity index is 1420. The number of rotatable bonds is 10. The van der Waals surface area contributed by atoms with Crippen molar-refractivity contribution in [2.45, 2.75) is 45.4 Å². The third-order valence-electron chi connectivity index (χ3n) is 6.05. The van der Waals surface area contributed by atoms with Gasteiger partial charge in [-0.15, -0.1) is 0 Å². The predicted octanol–water partition coefficient (Wildman–Crippen LogP) is 3.84.